The number of esters is 2. The number of benzene rings is 2. The Kier molecular flexibility index (Phi) is 6.93. The molecule has 5 heteroatoms. The van der Waals surface area contributed by atoms with E-state index >= 15 is 0 Å². The van der Waals surface area contributed by atoms with Crippen LogP contribution in [0.15, 0.2) is 66.8 Å². The van der Waals surface area contributed by atoms with Gasteiger partial charge in [0.15, 0.2) is 0 Å². The highest BCUT2D eigenvalue weighted by atomic mass is 16.5. The Morgan fingerprint density at radius 3 is 1.93 bits per heavy atom. The highest BCUT2D eigenvalue weighted by molar-refractivity contribution is 5.89. The molecule has 2 aromatic rings. The number of carbonyl (C=O) groups is 2. The molecule has 0 spiro atoms. The minimum absolute atomic E-state index is 0.307. The average Bonchev–Trinajstić information content (AvgIpc) is 2.66. The molecule has 2 rings (SSSR count). The molecule has 5 nitrogen and oxygen atoms in total. The molecular formula is C23H22O5. The van der Waals surface area contributed by atoms with Crippen LogP contribution >= 0.6 is 0 Å². The summed E-state index contributed by atoms with van der Waals surface area (Å²) in [6, 6.07) is 12.2. The zero-order valence-corrected chi connectivity index (χ0v) is 16.2. The smallest absolute Gasteiger partial charge is 0.338 e. The maximum absolute atomic E-state index is 11.7. The van der Waals surface area contributed by atoms with E-state index in [0.717, 1.165) is 11.1 Å². The zero-order chi connectivity index (χ0) is 20.7. The molecule has 0 heterocycles. The quantitative estimate of drug-likeness (QED) is 0.299. The summed E-state index contributed by atoms with van der Waals surface area (Å²) < 4.78 is 15.8. The van der Waals surface area contributed by atoms with Gasteiger partial charge in [-0.15, -0.1) is 0 Å². The average molecular weight is 378 g/mol. The van der Waals surface area contributed by atoms with E-state index in [9.17, 15) is 9.59 Å². The third-order valence-corrected chi connectivity index (χ3v) is 3.58. The lowest BCUT2D eigenvalue weighted by Crippen LogP contribution is -2.08. The van der Waals surface area contributed by atoms with Crippen LogP contribution in [0.2, 0.25) is 0 Å². The van der Waals surface area contributed by atoms with Gasteiger partial charge in [-0.25, -0.2) is 9.59 Å². The van der Waals surface area contributed by atoms with E-state index in [0.29, 0.717) is 28.4 Å². The SMILES string of the molecule is C=C(C)C(=O)Oc1cccc(/C=C/c2cc(OC)cc(OC(=O)C(=C)C)c2)c1. The van der Waals surface area contributed by atoms with E-state index in [1.165, 1.54) is 7.11 Å². The van der Waals surface area contributed by atoms with Gasteiger partial charge in [0.2, 0.25) is 0 Å². The van der Waals surface area contributed by atoms with Crippen molar-refractivity contribution in [3.8, 4) is 17.2 Å². The summed E-state index contributed by atoms with van der Waals surface area (Å²) in [4.78, 5) is 23.4. The lowest BCUT2D eigenvalue weighted by atomic mass is 10.1. The number of methoxy groups -OCH3 is 1. The first-order valence-electron chi connectivity index (χ1n) is 8.51. The van der Waals surface area contributed by atoms with Gasteiger partial charge < -0.3 is 14.2 Å². The summed E-state index contributed by atoms with van der Waals surface area (Å²) >= 11 is 0. The normalized spacial score (nSPS) is 10.4. The van der Waals surface area contributed by atoms with Crippen LogP contribution in [0, 0.1) is 0 Å². The molecule has 0 fully saturated rings. The van der Waals surface area contributed by atoms with Crippen LogP contribution in [0.5, 0.6) is 17.2 Å². The van der Waals surface area contributed by atoms with Gasteiger partial charge in [-0.05, 0) is 49.2 Å². The van der Waals surface area contributed by atoms with Gasteiger partial charge in [0, 0.05) is 17.2 Å². The number of ether oxygens (including phenoxy) is 3. The Hall–Kier alpha value is -3.60. The van der Waals surface area contributed by atoms with Crippen molar-refractivity contribution in [1.82, 2.24) is 0 Å². The predicted molar refractivity (Wildman–Crippen MR) is 109 cm³/mol. The van der Waals surface area contributed by atoms with Crippen molar-refractivity contribution in [2.24, 2.45) is 0 Å². The van der Waals surface area contributed by atoms with Crippen molar-refractivity contribution < 1.29 is 23.8 Å². The molecule has 0 radical (unpaired) electrons. The molecule has 0 unspecified atom stereocenters. The number of hydrogen-bond acceptors (Lipinski definition) is 5. The second-order valence-electron chi connectivity index (χ2n) is 6.19. The van der Waals surface area contributed by atoms with E-state index in [-0.39, 0.29) is 0 Å². The van der Waals surface area contributed by atoms with Gasteiger partial charge in [-0.1, -0.05) is 37.4 Å². The van der Waals surface area contributed by atoms with Crippen LogP contribution in [0.4, 0.5) is 0 Å². The third-order valence-electron chi connectivity index (χ3n) is 3.58. The minimum Gasteiger partial charge on any atom is -0.497 e. The second kappa shape index (κ2) is 9.37. The highest BCUT2D eigenvalue weighted by Crippen LogP contribution is 2.25. The molecule has 0 saturated heterocycles. The topological polar surface area (TPSA) is 61.8 Å². The largest absolute Gasteiger partial charge is 0.497 e. The summed E-state index contributed by atoms with van der Waals surface area (Å²) in [6.45, 7) is 10.3. The molecule has 144 valence electrons. The van der Waals surface area contributed by atoms with Gasteiger partial charge in [-0.3, -0.25) is 0 Å². The van der Waals surface area contributed by atoms with Crippen molar-refractivity contribution in [2.75, 3.05) is 7.11 Å². The molecule has 28 heavy (non-hydrogen) atoms. The first-order valence-corrected chi connectivity index (χ1v) is 8.51. The Bertz CT molecular complexity index is 953. The van der Waals surface area contributed by atoms with Crippen LogP contribution in [0.25, 0.3) is 12.2 Å². The Balaban J connectivity index is 2.23. The van der Waals surface area contributed by atoms with E-state index in [2.05, 4.69) is 13.2 Å². The van der Waals surface area contributed by atoms with Crippen molar-refractivity contribution in [2.45, 2.75) is 13.8 Å². The lowest BCUT2D eigenvalue weighted by Gasteiger charge is -2.08. The van der Waals surface area contributed by atoms with Gasteiger partial charge in [0.1, 0.15) is 17.2 Å². The van der Waals surface area contributed by atoms with E-state index in [4.69, 9.17) is 14.2 Å². The maximum Gasteiger partial charge on any atom is 0.338 e. The van der Waals surface area contributed by atoms with Gasteiger partial charge in [-0.2, -0.15) is 0 Å². The number of carbonyl (C=O) groups excluding carboxylic acids is 2. The molecular weight excluding hydrogens is 356 g/mol. The molecule has 0 aromatic heterocycles. The van der Waals surface area contributed by atoms with Crippen LogP contribution in [-0.2, 0) is 9.59 Å². The molecule has 0 amide bonds. The first-order chi connectivity index (χ1) is 13.3. The standard InChI is InChI=1S/C23H22O5/c1-15(2)22(24)27-19-8-6-7-17(11-19)9-10-18-12-20(26-5)14-21(13-18)28-23(25)16(3)4/h6-14H,1,3H2,2,4-5H3/b10-9+. The van der Waals surface area contributed by atoms with Gasteiger partial charge in [0.25, 0.3) is 0 Å². The van der Waals surface area contributed by atoms with Crippen LogP contribution < -0.4 is 14.2 Å². The first kappa shape index (κ1) is 20.7. The fourth-order valence-corrected chi connectivity index (χ4v) is 2.13. The zero-order valence-electron chi connectivity index (χ0n) is 16.2. The molecule has 0 aliphatic rings. The fraction of sp³-hybridized carbons (Fsp3) is 0.130. The molecule has 0 atom stereocenters. The Labute approximate surface area is 164 Å². The monoisotopic (exact) mass is 378 g/mol. The van der Waals surface area contributed by atoms with E-state index in [1.807, 2.05) is 18.2 Å². The van der Waals surface area contributed by atoms with E-state index < -0.39 is 11.9 Å². The fourth-order valence-electron chi connectivity index (χ4n) is 2.13. The summed E-state index contributed by atoms with van der Waals surface area (Å²) in [5, 5.41) is 0. The molecule has 2 aromatic carbocycles. The summed E-state index contributed by atoms with van der Waals surface area (Å²) in [6.07, 6.45) is 3.68. The summed E-state index contributed by atoms with van der Waals surface area (Å²) in [5.74, 6) is 0.358. The Morgan fingerprint density at radius 2 is 1.32 bits per heavy atom. The Morgan fingerprint density at radius 1 is 0.786 bits per heavy atom. The number of hydrogen-bond donors (Lipinski definition) is 0. The van der Waals surface area contributed by atoms with Crippen LogP contribution in [0.3, 0.4) is 0 Å². The minimum atomic E-state index is -0.504. The van der Waals surface area contributed by atoms with Gasteiger partial charge >= 0.3 is 11.9 Å². The lowest BCUT2D eigenvalue weighted by molar-refractivity contribution is -0.130. The maximum atomic E-state index is 11.7. The van der Waals surface area contributed by atoms with Crippen molar-refractivity contribution >= 4 is 24.1 Å². The summed E-state index contributed by atoms with van der Waals surface area (Å²) in [7, 11) is 1.53. The molecule has 0 bridgehead atoms. The number of rotatable bonds is 7. The molecule has 0 aliphatic carbocycles. The van der Waals surface area contributed by atoms with Crippen molar-refractivity contribution in [3.63, 3.8) is 0 Å². The van der Waals surface area contributed by atoms with Crippen molar-refractivity contribution in [1.29, 1.82) is 0 Å². The predicted octanol–water partition coefficient (Wildman–Crippen LogP) is 4.83. The second-order valence-corrected chi connectivity index (χ2v) is 6.19. The summed E-state index contributed by atoms with van der Waals surface area (Å²) in [5.41, 5.74) is 2.23. The molecule has 0 N–H and O–H groups in total. The highest BCUT2D eigenvalue weighted by Gasteiger charge is 2.08. The van der Waals surface area contributed by atoms with Crippen LogP contribution in [0.1, 0.15) is 25.0 Å². The van der Waals surface area contributed by atoms with Crippen LogP contribution in [-0.4, -0.2) is 19.0 Å². The molecule has 0 saturated carbocycles. The van der Waals surface area contributed by atoms with E-state index in [1.54, 1.807) is 50.2 Å². The molecule has 0 aliphatic heterocycles. The van der Waals surface area contributed by atoms with Gasteiger partial charge in [0.05, 0.1) is 7.11 Å². The van der Waals surface area contributed by atoms with Crippen molar-refractivity contribution in [3.05, 3.63) is 77.9 Å². The third kappa shape index (κ3) is 5.99.